The Kier molecular flexibility index (Phi) is 8.48. The molecule has 0 unspecified atom stereocenters. The van der Waals surface area contributed by atoms with Gasteiger partial charge in [-0.3, -0.25) is 19.7 Å². The van der Waals surface area contributed by atoms with Gasteiger partial charge in [0, 0.05) is 69.0 Å². The topological polar surface area (TPSA) is 87.2 Å². The summed E-state index contributed by atoms with van der Waals surface area (Å²) < 4.78 is 0. The van der Waals surface area contributed by atoms with Gasteiger partial charge in [0.1, 0.15) is 0 Å². The number of hydrogen-bond acceptors (Lipinski definition) is 6. The summed E-state index contributed by atoms with van der Waals surface area (Å²) in [6.07, 6.45) is 14.8. The number of allylic oxidation sites excluding steroid dienone is 5. The number of likely N-dealkylation sites (N-methyl/N-ethyl adjacent to an activating group) is 1. The van der Waals surface area contributed by atoms with Crippen LogP contribution in [0, 0.1) is 0 Å². The molecule has 0 saturated carbocycles. The first-order valence-electron chi connectivity index (χ1n) is 11.9. The first-order valence-corrected chi connectivity index (χ1v) is 11.9. The van der Waals surface area contributed by atoms with Gasteiger partial charge >= 0.3 is 0 Å². The van der Waals surface area contributed by atoms with Crippen LogP contribution >= 0.6 is 0 Å². The van der Waals surface area contributed by atoms with Crippen molar-refractivity contribution in [2.75, 3.05) is 33.2 Å². The van der Waals surface area contributed by atoms with E-state index in [1.165, 1.54) is 0 Å². The van der Waals surface area contributed by atoms with Gasteiger partial charge in [-0.1, -0.05) is 36.4 Å². The van der Waals surface area contributed by atoms with Gasteiger partial charge in [-0.15, -0.1) is 0 Å². The molecule has 2 heterocycles. The van der Waals surface area contributed by atoms with Crippen molar-refractivity contribution in [2.24, 2.45) is 15.7 Å². The first-order chi connectivity index (χ1) is 17.1. The molecule has 0 spiro atoms. The summed E-state index contributed by atoms with van der Waals surface area (Å²) in [7, 11) is 2.15. The van der Waals surface area contributed by atoms with Gasteiger partial charge in [0.2, 0.25) is 5.78 Å². The Labute approximate surface area is 207 Å². The second kappa shape index (κ2) is 12.1. The molecule has 1 aromatic carbocycles. The molecule has 0 atom stereocenters. The molecule has 0 amide bonds. The van der Waals surface area contributed by atoms with Crippen molar-refractivity contribution in [2.45, 2.75) is 19.4 Å². The molecular formula is C28H32N6O. The van der Waals surface area contributed by atoms with E-state index >= 15 is 0 Å². The number of rotatable bonds is 8. The quantitative estimate of drug-likeness (QED) is 0.363. The zero-order chi connectivity index (χ0) is 24.5. The maximum Gasteiger partial charge on any atom is 0.227 e. The highest BCUT2D eigenvalue weighted by molar-refractivity contribution is 6.45. The number of carbonyl (C=O) groups is 1. The molecule has 1 aliphatic carbocycles. The Morgan fingerprint density at radius 2 is 2.00 bits per heavy atom. The Hall–Kier alpha value is -3.68. The second-order valence-corrected chi connectivity index (χ2v) is 8.84. The Morgan fingerprint density at radius 1 is 1.14 bits per heavy atom. The average molecular weight is 469 g/mol. The third-order valence-electron chi connectivity index (χ3n) is 6.03. The molecule has 7 heteroatoms. The fourth-order valence-corrected chi connectivity index (χ4v) is 3.98. The smallest absolute Gasteiger partial charge is 0.227 e. The predicted molar refractivity (Wildman–Crippen MR) is 142 cm³/mol. The summed E-state index contributed by atoms with van der Waals surface area (Å²) in [5.41, 5.74) is 10.3. The molecule has 2 aliphatic rings. The Morgan fingerprint density at radius 3 is 2.80 bits per heavy atom. The molecule has 1 fully saturated rings. The Bertz CT molecular complexity index is 1190. The van der Waals surface area contributed by atoms with Gasteiger partial charge in [-0.05, 0) is 48.9 Å². The van der Waals surface area contributed by atoms with Crippen LogP contribution in [0.25, 0.3) is 0 Å². The van der Waals surface area contributed by atoms with Gasteiger partial charge < -0.3 is 10.6 Å². The van der Waals surface area contributed by atoms with Crippen molar-refractivity contribution in [3.05, 3.63) is 95.5 Å². The largest absolute Gasteiger partial charge is 0.380 e. The molecule has 2 aromatic rings. The lowest BCUT2D eigenvalue weighted by Gasteiger charge is -2.32. The van der Waals surface area contributed by atoms with E-state index in [0.29, 0.717) is 17.7 Å². The van der Waals surface area contributed by atoms with Crippen molar-refractivity contribution in [3.8, 4) is 0 Å². The van der Waals surface area contributed by atoms with E-state index in [1.54, 1.807) is 24.5 Å². The first kappa shape index (κ1) is 24.4. The van der Waals surface area contributed by atoms with Gasteiger partial charge in [0.15, 0.2) is 5.84 Å². The van der Waals surface area contributed by atoms with Crippen LogP contribution in [-0.4, -0.2) is 65.8 Å². The predicted octanol–water partition coefficient (Wildman–Crippen LogP) is 3.71. The number of ketones is 1. The number of Topliss-reactive ketones (excluding diaryl/α,β-unsaturated/α-hetero) is 1. The minimum absolute atomic E-state index is 0.0329. The number of benzene rings is 1. The number of pyridine rings is 1. The van der Waals surface area contributed by atoms with Crippen molar-refractivity contribution in [1.82, 2.24) is 14.8 Å². The molecule has 35 heavy (non-hydrogen) atoms. The van der Waals surface area contributed by atoms with E-state index in [-0.39, 0.29) is 11.6 Å². The molecule has 2 N–H and O–H groups in total. The number of carbonyl (C=O) groups excluding carboxylic acids is 1. The summed E-state index contributed by atoms with van der Waals surface area (Å²) in [5.74, 6) is -0.342. The van der Waals surface area contributed by atoms with E-state index in [1.807, 2.05) is 42.6 Å². The Balaban J connectivity index is 1.38. The lowest BCUT2D eigenvalue weighted by Crippen LogP contribution is -2.43. The molecule has 0 bridgehead atoms. The van der Waals surface area contributed by atoms with Crippen molar-refractivity contribution in [3.63, 3.8) is 0 Å². The number of nitrogens with zero attached hydrogens (tertiary/aromatic N) is 5. The van der Waals surface area contributed by atoms with Gasteiger partial charge in [-0.25, -0.2) is 4.99 Å². The number of aromatic nitrogens is 1. The maximum atomic E-state index is 12.9. The van der Waals surface area contributed by atoms with E-state index in [0.717, 1.165) is 56.0 Å². The number of nitrogens with two attached hydrogens (primary N) is 1. The van der Waals surface area contributed by atoms with Gasteiger partial charge in [-0.2, -0.15) is 0 Å². The fourth-order valence-electron chi connectivity index (χ4n) is 3.98. The molecule has 1 saturated heterocycles. The SMILES string of the molecule is CN1CCN(Cc2cccc(N=C(N)C(=O)c3ccnc(CC=N/C=C4/C=CC=CC4)c3)c2)CC1. The van der Waals surface area contributed by atoms with Crippen LogP contribution in [-0.2, 0) is 13.0 Å². The standard InChI is InChI=1S/C28H32N6O/c1-33-14-16-34(17-15-33)21-23-8-5-9-26(18-23)32-28(29)27(35)24-10-13-31-25(19-24)11-12-30-20-22-6-3-2-4-7-22/h2-6,8-10,12-13,18-20H,7,11,14-17,21H2,1H3,(H2,29,32)/b22-20-,30-12?. The van der Waals surface area contributed by atoms with E-state index in [4.69, 9.17) is 5.73 Å². The molecule has 4 rings (SSSR count). The monoisotopic (exact) mass is 468 g/mol. The van der Waals surface area contributed by atoms with Gasteiger partial charge in [0.05, 0.1) is 5.69 Å². The van der Waals surface area contributed by atoms with Crippen LogP contribution in [0.1, 0.15) is 28.0 Å². The van der Waals surface area contributed by atoms with Crippen LogP contribution in [0.5, 0.6) is 0 Å². The number of aliphatic imine (C=N–C) groups is 2. The lowest BCUT2D eigenvalue weighted by atomic mass is 10.1. The number of hydrogen-bond donors (Lipinski definition) is 1. The van der Waals surface area contributed by atoms with Crippen molar-refractivity contribution in [1.29, 1.82) is 0 Å². The van der Waals surface area contributed by atoms with Crippen LogP contribution in [0.2, 0.25) is 0 Å². The summed E-state index contributed by atoms with van der Waals surface area (Å²) in [4.78, 5) is 30.8. The van der Waals surface area contributed by atoms with E-state index < -0.39 is 0 Å². The van der Waals surface area contributed by atoms with Crippen molar-refractivity contribution >= 4 is 23.5 Å². The summed E-state index contributed by atoms with van der Waals surface area (Å²) in [6.45, 7) is 5.11. The minimum Gasteiger partial charge on any atom is -0.380 e. The molecule has 180 valence electrons. The minimum atomic E-state index is -0.309. The van der Waals surface area contributed by atoms with Crippen LogP contribution in [0.15, 0.2) is 88.7 Å². The maximum absolute atomic E-state index is 12.9. The number of piperazine rings is 1. The molecule has 0 radical (unpaired) electrons. The third-order valence-corrected chi connectivity index (χ3v) is 6.03. The molecule has 1 aromatic heterocycles. The third kappa shape index (κ3) is 7.40. The lowest BCUT2D eigenvalue weighted by molar-refractivity contribution is 0.106. The second-order valence-electron chi connectivity index (χ2n) is 8.84. The number of amidine groups is 1. The summed E-state index contributed by atoms with van der Waals surface area (Å²) >= 11 is 0. The zero-order valence-corrected chi connectivity index (χ0v) is 20.2. The normalized spacial score (nSPS) is 18.5. The van der Waals surface area contributed by atoms with Crippen molar-refractivity contribution < 1.29 is 4.79 Å². The van der Waals surface area contributed by atoms with Gasteiger partial charge in [0.25, 0.3) is 0 Å². The summed E-state index contributed by atoms with van der Waals surface area (Å²) in [6, 6.07) is 11.3. The fraction of sp³-hybridized carbons (Fsp3) is 0.286. The average Bonchev–Trinajstić information content (AvgIpc) is 2.88. The van der Waals surface area contributed by atoms with Crippen LogP contribution in [0.4, 0.5) is 5.69 Å². The van der Waals surface area contributed by atoms with Crippen LogP contribution < -0.4 is 5.73 Å². The van der Waals surface area contributed by atoms with E-state index in [2.05, 4.69) is 44.0 Å². The highest BCUT2D eigenvalue weighted by Crippen LogP contribution is 2.17. The highest BCUT2D eigenvalue weighted by atomic mass is 16.1. The zero-order valence-electron chi connectivity index (χ0n) is 20.2. The summed E-state index contributed by atoms with van der Waals surface area (Å²) in [5, 5.41) is 0. The van der Waals surface area contributed by atoms with Crippen LogP contribution in [0.3, 0.4) is 0 Å². The van der Waals surface area contributed by atoms with E-state index in [9.17, 15) is 4.79 Å². The molecule has 7 nitrogen and oxygen atoms in total. The molecule has 1 aliphatic heterocycles. The molecular weight excluding hydrogens is 436 g/mol. The highest BCUT2D eigenvalue weighted by Gasteiger charge is 2.15.